The Morgan fingerprint density at radius 2 is 1.56 bits per heavy atom. The van der Waals surface area contributed by atoms with Crippen LogP contribution in [0.1, 0.15) is 107 Å². The van der Waals surface area contributed by atoms with E-state index in [4.69, 9.17) is 15.3 Å². The molecule has 2 N–H and O–H groups in total. The number of nitrogens with zero attached hydrogens (tertiary/aromatic N) is 5. The van der Waals surface area contributed by atoms with Crippen LogP contribution < -0.4 is 5.43 Å². The molecule has 2 aromatic carbocycles. The first-order valence-corrected chi connectivity index (χ1v) is 18.1. The Kier molecular flexibility index (Phi) is 8.82. The van der Waals surface area contributed by atoms with Gasteiger partial charge in [0.1, 0.15) is 28.5 Å². The van der Waals surface area contributed by atoms with E-state index in [9.17, 15) is 9.90 Å². The number of ketones is 1. The molecule has 0 radical (unpaired) electrons. The molecule has 0 saturated heterocycles. The van der Waals surface area contributed by atoms with E-state index >= 15 is 0 Å². The van der Waals surface area contributed by atoms with Gasteiger partial charge in [-0.25, -0.2) is 10.5 Å². The monoisotopic (exact) mass is 676 g/mol. The number of phenols is 1. The largest absolute Gasteiger partial charge is 0.505 e. The zero-order valence-electron chi connectivity index (χ0n) is 31.9. The molecular weight excluding hydrogens is 621 g/mol. The Hall–Kier alpha value is -4.04. The highest BCUT2D eigenvalue weighted by Gasteiger charge is 2.46. The van der Waals surface area contributed by atoms with Gasteiger partial charge in [0.25, 0.3) is 0 Å². The normalized spacial score (nSPS) is 23.0. The molecule has 0 bridgehead atoms. The molecule has 8 nitrogen and oxygen atoms in total. The van der Waals surface area contributed by atoms with Gasteiger partial charge in [0, 0.05) is 12.0 Å². The second kappa shape index (κ2) is 12.3. The number of benzene rings is 2. The summed E-state index contributed by atoms with van der Waals surface area (Å²) in [5.41, 5.74) is 8.34. The molecule has 0 fully saturated rings. The van der Waals surface area contributed by atoms with Gasteiger partial charge in [0.05, 0.1) is 11.3 Å². The quantitative estimate of drug-likeness (QED) is 0.248. The van der Waals surface area contributed by atoms with Crippen LogP contribution in [0.4, 0.5) is 0 Å². The SMILES string of the molecule is CC(C)(C)CC(C)(C)c1cc(CC2=CC(C(C)(C)CC(C)(C)C)CC(N3N=C4C=CC=CC4(C)N3)C2=O)c(O)c(-n2nc3ccccc3n2)c1. The molecule has 50 heavy (non-hydrogen) atoms. The summed E-state index contributed by atoms with van der Waals surface area (Å²) in [6.45, 7) is 24.8. The number of fused-ring (bicyclic) bond motifs is 2. The summed E-state index contributed by atoms with van der Waals surface area (Å²) in [5, 5.41) is 28.3. The Balaban J connectivity index is 1.46. The number of hydrazone groups is 1. The average molecular weight is 677 g/mol. The van der Waals surface area contributed by atoms with Gasteiger partial charge >= 0.3 is 0 Å². The number of hydrogen-bond acceptors (Lipinski definition) is 7. The van der Waals surface area contributed by atoms with E-state index in [2.05, 4.69) is 99.8 Å². The Morgan fingerprint density at radius 3 is 2.16 bits per heavy atom. The fraction of sp³-hybridized carbons (Fsp3) is 0.524. The van der Waals surface area contributed by atoms with Gasteiger partial charge in [0.15, 0.2) is 5.78 Å². The molecule has 1 aliphatic heterocycles. The highest BCUT2D eigenvalue weighted by atomic mass is 16.3. The van der Waals surface area contributed by atoms with Crippen molar-refractivity contribution in [1.29, 1.82) is 0 Å². The molecular formula is C42H56N6O2. The number of aromatic nitrogens is 3. The van der Waals surface area contributed by atoms with Crippen LogP contribution in [0, 0.1) is 22.2 Å². The van der Waals surface area contributed by atoms with Crippen LogP contribution in [0.5, 0.6) is 5.75 Å². The van der Waals surface area contributed by atoms with Crippen LogP contribution in [0.2, 0.25) is 0 Å². The third-order valence-electron chi connectivity index (χ3n) is 10.5. The highest BCUT2D eigenvalue weighted by molar-refractivity contribution is 6.06. The minimum atomic E-state index is -0.490. The smallest absolute Gasteiger partial charge is 0.184 e. The first-order chi connectivity index (χ1) is 23.1. The summed E-state index contributed by atoms with van der Waals surface area (Å²) in [7, 11) is 0. The second-order valence-electron chi connectivity index (χ2n) is 18.8. The molecule has 8 heteroatoms. The van der Waals surface area contributed by atoms with E-state index in [0.717, 1.165) is 35.2 Å². The first kappa shape index (κ1) is 35.8. The minimum Gasteiger partial charge on any atom is -0.505 e. The van der Waals surface area contributed by atoms with Crippen LogP contribution in [-0.4, -0.2) is 48.3 Å². The van der Waals surface area contributed by atoms with Crippen LogP contribution in [0.25, 0.3) is 16.7 Å². The highest BCUT2D eigenvalue weighted by Crippen LogP contribution is 2.46. The lowest BCUT2D eigenvalue weighted by Gasteiger charge is -2.43. The molecule has 3 aromatic rings. The number of rotatable bonds is 8. The van der Waals surface area contributed by atoms with Gasteiger partial charge in [-0.3, -0.25) is 4.79 Å². The number of nitrogens with one attached hydrogen (secondary N) is 1. The zero-order chi connectivity index (χ0) is 36.4. The molecule has 0 amide bonds. The maximum absolute atomic E-state index is 14.7. The van der Waals surface area contributed by atoms with Crippen molar-refractivity contribution in [3.05, 3.63) is 83.5 Å². The van der Waals surface area contributed by atoms with Crippen molar-refractivity contribution >= 4 is 22.5 Å². The van der Waals surface area contributed by atoms with Gasteiger partial charge in [-0.1, -0.05) is 112 Å². The van der Waals surface area contributed by atoms with Crippen molar-refractivity contribution in [2.24, 2.45) is 27.3 Å². The standard InChI is InChI=1S/C42H56N6O2/c1-38(2,3)25-40(7,8)29-21-27(36(49)33(23-29)47-43-31-16-12-13-17-32(31)44-47)20-28-22-30(41(9,10)26-39(4,5)6)24-34(37(28)50)48-45-35-18-14-15-19-42(35,11)46-48/h12-19,21-23,30,34,46,49H,20,24-26H2,1-11H3. The second-order valence-corrected chi connectivity index (χ2v) is 18.8. The summed E-state index contributed by atoms with van der Waals surface area (Å²) in [5.74, 6) is 0.238. The molecule has 1 aromatic heterocycles. The van der Waals surface area contributed by atoms with Crippen molar-refractivity contribution in [2.75, 3.05) is 0 Å². The Bertz CT molecular complexity index is 1900. The van der Waals surface area contributed by atoms with E-state index in [1.165, 1.54) is 0 Å². The van der Waals surface area contributed by atoms with Gasteiger partial charge in [-0.2, -0.15) is 5.10 Å². The summed E-state index contributed by atoms with van der Waals surface area (Å²) < 4.78 is 0. The molecule has 266 valence electrons. The summed E-state index contributed by atoms with van der Waals surface area (Å²) in [4.78, 5) is 16.2. The van der Waals surface area contributed by atoms with Crippen LogP contribution in [0.3, 0.4) is 0 Å². The molecule has 3 unspecified atom stereocenters. The van der Waals surface area contributed by atoms with E-state index in [0.29, 0.717) is 23.2 Å². The molecule has 2 aliphatic carbocycles. The number of aromatic hydroxyl groups is 1. The fourth-order valence-electron chi connectivity index (χ4n) is 8.72. The van der Waals surface area contributed by atoms with Crippen molar-refractivity contribution in [2.45, 2.75) is 119 Å². The number of allylic oxidation sites excluding steroid dienone is 3. The van der Waals surface area contributed by atoms with Crippen molar-refractivity contribution in [3.63, 3.8) is 0 Å². The molecule has 6 rings (SSSR count). The third-order valence-corrected chi connectivity index (χ3v) is 10.5. The van der Waals surface area contributed by atoms with Gasteiger partial charge < -0.3 is 5.11 Å². The lowest BCUT2D eigenvalue weighted by atomic mass is 9.64. The molecule has 3 atom stereocenters. The fourth-order valence-corrected chi connectivity index (χ4v) is 8.72. The minimum absolute atomic E-state index is 0.0307. The number of Topliss-reactive ketones (excluding diaryl/α,β-unsaturated/α-hetero) is 1. The summed E-state index contributed by atoms with van der Waals surface area (Å²) >= 11 is 0. The number of carbonyl (C=O) groups is 1. The van der Waals surface area contributed by atoms with Gasteiger partial charge in [-0.15, -0.1) is 15.0 Å². The molecule has 0 saturated carbocycles. The lowest BCUT2D eigenvalue weighted by Crippen LogP contribution is -2.54. The lowest BCUT2D eigenvalue weighted by molar-refractivity contribution is -0.124. The number of hydrazine groups is 1. The number of phenolic OH excluding ortho intramolecular Hbond substituents is 1. The van der Waals surface area contributed by atoms with E-state index in [1.807, 2.05) is 48.6 Å². The number of hydrogen-bond donors (Lipinski definition) is 2. The van der Waals surface area contributed by atoms with Gasteiger partial charge in [0.2, 0.25) is 0 Å². The predicted octanol–water partition coefficient (Wildman–Crippen LogP) is 8.79. The summed E-state index contributed by atoms with van der Waals surface area (Å²) in [6.07, 6.45) is 13.2. The van der Waals surface area contributed by atoms with Crippen molar-refractivity contribution < 1.29 is 9.90 Å². The maximum Gasteiger partial charge on any atom is 0.184 e. The number of carbonyl (C=O) groups excluding carboxylic acids is 1. The Labute approximate surface area is 298 Å². The van der Waals surface area contributed by atoms with E-state index in [-0.39, 0.29) is 45.5 Å². The Morgan fingerprint density at radius 1 is 0.920 bits per heavy atom. The topological polar surface area (TPSA) is 95.6 Å². The van der Waals surface area contributed by atoms with E-state index < -0.39 is 11.6 Å². The maximum atomic E-state index is 14.7. The predicted molar refractivity (Wildman–Crippen MR) is 203 cm³/mol. The van der Waals surface area contributed by atoms with Crippen molar-refractivity contribution in [1.82, 2.24) is 25.5 Å². The summed E-state index contributed by atoms with van der Waals surface area (Å²) in [6, 6.07) is 11.3. The molecule has 3 aliphatic rings. The van der Waals surface area contributed by atoms with Crippen LogP contribution in [0.15, 0.2) is 77.5 Å². The average Bonchev–Trinajstić information content (AvgIpc) is 3.57. The van der Waals surface area contributed by atoms with Crippen LogP contribution in [-0.2, 0) is 16.6 Å². The van der Waals surface area contributed by atoms with Crippen LogP contribution >= 0.6 is 0 Å². The third kappa shape index (κ3) is 7.23. The molecule has 0 spiro atoms. The zero-order valence-corrected chi connectivity index (χ0v) is 31.9. The van der Waals surface area contributed by atoms with Crippen molar-refractivity contribution in [3.8, 4) is 11.4 Å². The van der Waals surface area contributed by atoms with E-state index in [1.54, 1.807) is 9.91 Å². The first-order valence-electron chi connectivity index (χ1n) is 18.1. The molecule has 2 heterocycles. The van der Waals surface area contributed by atoms with Gasteiger partial charge in [-0.05, 0) is 89.2 Å².